The lowest BCUT2D eigenvalue weighted by molar-refractivity contribution is -0.138. The molecule has 1 aliphatic rings. The first-order valence-corrected chi connectivity index (χ1v) is 6.99. The Kier molecular flexibility index (Phi) is 4.80. The standard InChI is InChI=1S/C15H20N2O4/c16-13(7-10-1-3-12(18)4-2-10)15(21)17-6-5-11(9-17)8-14(19)20/h1-4,11,13,18H,5-9,16H2,(H,19,20). The second kappa shape index (κ2) is 6.58. The molecule has 0 aliphatic carbocycles. The second-order valence-corrected chi connectivity index (χ2v) is 5.51. The number of carboxylic acids is 1. The normalized spacial score (nSPS) is 19.5. The SMILES string of the molecule is NC(Cc1ccc(O)cc1)C(=O)N1CCC(CC(=O)O)C1. The first-order chi connectivity index (χ1) is 9.95. The van der Waals surface area contributed by atoms with Crippen LogP contribution in [0, 0.1) is 5.92 Å². The zero-order valence-electron chi connectivity index (χ0n) is 11.7. The van der Waals surface area contributed by atoms with Gasteiger partial charge in [0.05, 0.1) is 6.04 Å². The van der Waals surface area contributed by atoms with E-state index in [0.29, 0.717) is 25.9 Å². The number of nitrogens with zero attached hydrogens (tertiary/aromatic N) is 1. The highest BCUT2D eigenvalue weighted by molar-refractivity contribution is 5.82. The van der Waals surface area contributed by atoms with Crippen molar-refractivity contribution in [3.63, 3.8) is 0 Å². The van der Waals surface area contributed by atoms with Crippen LogP contribution in [-0.4, -0.2) is 46.1 Å². The zero-order chi connectivity index (χ0) is 15.4. The van der Waals surface area contributed by atoms with Gasteiger partial charge in [-0.15, -0.1) is 0 Å². The van der Waals surface area contributed by atoms with Crippen LogP contribution in [0.4, 0.5) is 0 Å². The Hall–Kier alpha value is -2.08. The Morgan fingerprint density at radius 1 is 1.33 bits per heavy atom. The average Bonchev–Trinajstić information content (AvgIpc) is 2.88. The van der Waals surface area contributed by atoms with Crippen molar-refractivity contribution >= 4 is 11.9 Å². The molecule has 1 aromatic rings. The molecule has 1 fully saturated rings. The van der Waals surface area contributed by atoms with Gasteiger partial charge >= 0.3 is 5.97 Å². The molecular formula is C15H20N2O4. The summed E-state index contributed by atoms with van der Waals surface area (Å²) in [5, 5.41) is 18.0. The van der Waals surface area contributed by atoms with Crippen molar-refractivity contribution in [2.24, 2.45) is 11.7 Å². The van der Waals surface area contributed by atoms with E-state index >= 15 is 0 Å². The molecule has 0 aromatic heterocycles. The molecule has 0 saturated carbocycles. The van der Waals surface area contributed by atoms with E-state index in [0.717, 1.165) is 5.56 Å². The van der Waals surface area contributed by atoms with Crippen LogP contribution in [0.1, 0.15) is 18.4 Å². The number of phenolic OH excluding ortho intramolecular Hbond substituents is 1. The fourth-order valence-electron chi connectivity index (χ4n) is 2.65. The van der Waals surface area contributed by atoms with E-state index in [1.807, 2.05) is 0 Å². The van der Waals surface area contributed by atoms with Gasteiger partial charge in [0, 0.05) is 19.5 Å². The Labute approximate surface area is 123 Å². The van der Waals surface area contributed by atoms with E-state index in [1.165, 1.54) is 0 Å². The van der Waals surface area contributed by atoms with Crippen LogP contribution in [0.2, 0.25) is 0 Å². The number of benzene rings is 1. The van der Waals surface area contributed by atoms with Crippen LogP contribution in [0.25, 0.3) is 0 Å². The van der Waals surface area contributed by atoms with E-state index < -0.39 is 12.0 Å². The van der Waals surface area contributed by atoms with Crippen molar-refractivity contribution in [1.29, 1.82) is 0 Å². The van der Waals surface area contributed by atoms with E-state index in [9.17, 15) is 14.7 Å². The van der Waals surface area contributed by atoms with Gasteiger partial charge < -0.3 is 20.8 Å². The quantitative estimate of drug-likeness (QED) is 0.736. The highest BCUT2D eigenvalue weighted by Gasteiger charge is 2.30. The van der Waals surface area contributed by atoms with Crippen molar-refractivity contribution in [2.45, 2.75) is 25.3 Å². The van der Waals surface area contributed by atoms with Crippen LogP contribution < -0.4 is 5.73 Å². The predicted octanol–water partition coefficient (Wildman–Crippen LogP) is 0.585. The van der Waals surface area contributed by atoms with E-state index in [4.69, 9.17) is 10.8 Å². The second-order valence-electron chi connectivity index (χ2n) is 5.51. The number of aliphatic carboxylic acids is 1. The summed E-state index contributed by atoms with van der Waals surface area (Å²) in [6.45, 7) is 1.04. The number of amides is 1. The summed E-state index contributed by atoms with van der Waals surface area (Å²) in [4.78, 5) is 24.6. The highest BCUT2D eigenvalue weighted by Crippen LogP contribution is 2.20. The number of aromatic hydroxyl groups is 1. The van der Waals surface area contributed by atoms with Crippen molar-refractivity contribution < 1.29 is 19.8 Å². The summed E-state index contributed by atoms with van der Waals surface area (Å²) >= 11 is 0. The van der Waals surface area contributed by atoms with Crippen molar-refractivity contribution in [3.05, 3.63) is 29.8 Å². The molecule has 6 nitrogen and oxygen atoms in total. The predicted molar refractivity (Wildman–Crippen MR) is 76.7 cm³/mol. The number of likely N-dealkylation sites (tertiary alicyclic amines) is 1. The molecule has 6 heteroatoms. The van der Waals surface area contributed by atoms with Gasteiger partial charge in [-0.3, -0.25) is 9.59 Å². The summed E-state index contributed by atoms with van der Waals surface area (Å²) in [5.41, 5.74) is 6.83. The number of nitrogens with two attached hydrogens (primary N) is 1. The summed E-state index contributed by atoms with van der Waals surface area (Å²) in [7, 11) is 0. The van der Waals surface area contributed by atoms with Gasteiger partial charge in [0.15, 0.2) is 0 Å². The molecule has 1 saturated heterocycles. The molecule has 4 N–H and O–H groups in total. The summed E-state index contributed by atoms with van der Waals surface area (Å²) in [5.74, 6) is -0.777. The van der Waals surface area contributed by atoms with Gasteiger partial charge in [-0.05, 0) is 36.5 Å². The molecule has 2 unspecified atom stereocenters. The molecule has 2 rings (SSSR count). The van der Waals surface area contributed by atoms with E-state index in [-0.39, 0.29) is 24.0 Å². The number of hydrogen-bond acceptors (Lipinski definition) is 4. The number of hydrogen-bond donors (Lipinski definition) is 3. The molecule has 1 aromatic carbocycles. The van der Waals surface area contributed by atoms with Gasteiger partial charge in [0.1, 0.15) is 5.75 Å². The molecule has 1 heterocycles. The Bertz CT molecular complexity index is 515. The van der Waals surface area contributed by atoms with Crippen LogP contribution in [-0.2, 0) is 16.0 Å². The maximum atomic E-state index is 12.3. The first-order valence-electron chi connectivity index (χ1n) is 6.99. The lowest BCUT2D eigenvalue weighted by Crippen LogP contribution is -2.44. The molecule has 21 heavy (non-hydrogen) atoms. The summed E-state index contributed by atoms with van der Waals surface area (Å²) in [6, 6.07) is 5.95. The fourth-order valence-corrected chi connectivity index (χ4v) is 2.65. The molecule has 114 valence electrons. The lowest BCUT2D eigenvalue weighted by atomic mass is 10.0. The molecule has 2 atom stereocenters. The Balaban J connectivity index is 1.88. The third-order valence-corrected chi connectivity index (χ3v) is 3.77. The Morgan fingerprint density at radius 2 is 2.00 bits per heavy atom. The third-order valence-electron chi connectivity index (χ3n) is 3.77. The summed E-state index contributed by atoms with van der Waals surface area (Å²) in [6.07, 6.45) is 1.21. The fraction of sp³-hybridized carbons (Fsp3) is 0.467. The van der Waals surface area contributed by atoms with E-state index in [2.05, 4.69) is 0 Å². The molecule has 1 amide bonds. The maximum absolute atomic E-state index is 12.3. The van der Waals surface area contributed by atoms with E-state index in [1.54, 1.807) is 29.2 Å². The minimum absolute atomic E-state index is 0.0207. The molecule has 1 aliphatic heterocycles. The molecular weight excluding hydrogens is 272 g/mol. The first kappa shape index (κ1) is 15.3. The van der Waals surface area contributed by atoms with Crippen molar-refractivity contribution in [2.75, 3.05) is 13.1 Å². The number of carbonyl (C=O) groups excluding carboxylic acids is 1. The maximum Gasteiger partial charge on any atom is 0.303 e. The van der Waals surface area contributed by atoms with Gasteiger partial charge in [0.2, 0.25) is 5.91 Å². The van der Waals surface area contributed by atoms with Crippen molar-refractivity contribution in [3.8, 4) is 5.75 Å². The van der Waals surface area contributed by atoms with Crippen LogP contribution >= 0.6 is 0 Å². The topological polar surface area (TPSA) is 104 Å². The minimum Gasteiger partial charge on any atom is -0.508 e. The minimum atomic E-state index is -0.831. The van der Waals surface area contributed by atoms with Gasteiger partial charge in [-0.2, -0.15) is 0 Å². The third kappa shape index (κ3) is 4.19. The van der Waals surface area contributed by atoms with Crippen LogP contribution in [0.3, 0.4) is 0 Å². The van der Waals surface area contributed by atoms with Gasteiger partial charge in [-0.1, -0.05) is 12.1 Å². The number of rotatable bonds is 5. The van der Waals surface area contributed by atoms with Crippen LogP contribution in [0.5, 0.6) is 5.75 Å². The molecule has 0 spiro atoms. The average molecular weight is 292 g/mol. The van der Waals surface area contributed by atoms with Gasteiger partial charge in [-0.25, -0.2) is 0 Å². The molecule has 0 radical (unpaired) electrons. The Morgan fingerprint density at radius 3 is 2.62 bits per heavy atom. The zero-order valence-corrected chi connectivity index (χ0v) is 11.7. The number of carboxylic acid groups (broad SMARTS) is 1. The smallest absolute Gasteiger partial charge is 0.303 e. The molecule has 0 bridgehead atoms. The number of phenols is 1. The van der Waals surface area contributed by atoms with Crippen LogP contribution in [0.15, 0.2) is 24.3 Å². The largest absolute Gasteiger partial charge is 0.508 e. The number of carbonyl (C=O) groups is 2. The highest BCUT2D eigenvalue weighted by atomic mass is 16.4. The summed E-state index contributed by atoms with van der Waals surface area (Å²) < 4.78 is 0. The lowest BCUT2D eigenvalue weighted by Gasteiger charge is -2.21. The van der Waals surface area contributed by atoms with Crippen molar-refractivity contribution in [1.82, 2.24) is 4.90 Å². The van der Waals surface area contributed by atoms with Gasteiger partial charge in [0.25, 0.3) is 0 Å². The monoisotopic (exact) mass is 292 g/mol.